The third-order valence-electron chi connectivity index (χ3n) is 3.24. The maximum Gasteiger partial charge on any atom is 0.0617 e. The Morgan fingerprint density at radius 3 is 2.08 bits per heavy atom. The second-order valence-electron chi connectivity index (χ2n) is 4.43. The topological polar surface area (TPSA) is 20.2 Å². The van der Waals surface area contributed by atoms with Gasteiger partial charge in [-0.25, -0.2) is 0 Å². The minimum absolute atomic E-state index is 0.425. The van der Waals surface area contributed by atoms with Crippen molar-refractivity contribution < 1.29 is 5.11 Å². The molecule has 1 atom stereocenters. The van der Waals surface area contributed by atoms with Crippen molar-refractivity contribution in [3.63, 3.8) is 0 Å². The fourth-order valence-electron chi connectivity index (χ4n) is 1.65. The van der Waals surface area contributed by atoms with Crippen molar-refractivity contribution in [1.82, 2.24) is 0 Å². The number of aliphatic hydroxyl groups is 1. The maximum absolute atomic E-state index is 9.78. The van der Waals surface area contributed by atoms with Crippen LogP contribution < -0.4 is 0 Å². The summed E-state index contributed by atoms with van der Waals surface area (Å²) < 4.78 is 0. The first-order valence-electron chi connectivity index (χ1n) is 5.78. The highest BCUT2D eigenvalue weighted by atomic mass is 16.3. The lowest BCUT2D eigenvalue weighted by atomic mass is 9.91. The van der Waals surface area contributed by atoms with Gasteiger partial charge in [-0.05, 0) is 25.7 Å². The lowest BCUT2D eigenvalue weighted by molar-refractivity contribution is 0.0431. The lowest BCUT2D eigenvalue weighted by Crippen LogP contribution is -2.22. The first kappa shape index (κ1) is 13.0. The van der Waals surface area contributed by atoms with Crippen LogP contribution in [0.3, 0.4) is 0 Å². The monoisotopic (exact) mass is 186 g/mol. The Morgan fingerprint density at radius 2 is 1.69 bits per heavy atom. The van der Waals surface area contributed by atoms with E-state index in [2.05, 4.69) is 20.8 Å². The zero-order chi connectivity index (χ0) is 10.3. The summed E-state index contributed by atoms with van der Waals surface area (Å²) in [6.45, 7) is 8.51. The molecule has 0 fully saturated rings. The van der Waals surface area contributed by atoms with E-state index < -0.39 is 5.60 Å². The molecule has 80 valence electrons. The van der Waals surface area contributed by atoms with Crippen molar-refractivity contribution in [1.29, 1.82) is 0 Å². The highest BCUT2D eigenvalue weighted by molar-refractivity contribution is 4.70. The standard InChI is InChI=1S/C12H26O/c1-5-11(6-2)9-8-10-12(4,13)7-3/h11,13H,5-10H2,1-4H3. The summed E-state index contributed by atoms with van der Waals surface area (Å²) in [7, 11) is 0. The highest BCUT2D eigenvalue weighted by Gasteiger charge is 2.17. The molecule has 0 radical (unpaired) electrons. The van der Waals surface area contributed by atoms with Crippen LogP contribution in [0.5, 0.6) is 0 Å². The highest BCUT2D eigenvalue weighted by Crippen LogP contribution is 2.21. The average molecular weight is 186 g/mol. The van der Waals surface area contributed by atoms with Crippen LogP contribution in [-0.4, -0.2) is 10.7 Å². The molecule has 0 aromatic carbocycles. The molecule has 0 heterocycles. The van der Waals surface area contributed by atoms with Gasteiger partial charge in [-0.15, -0.1) is 0 Å². The number of hydrogen-bond donors (Lipinski definition) is 1. The Kier molecular flexibility index (Phi) is 6.40. The van der Waals surface area contributed by atoms with Crippen molar-refractivity contribution in [2.24, 2.45) is 5.92 Å². The SMILES string of the molecule is CCC(CC)CCCC(C)(O)CC. The van der Waals surface area contributed by atoms with Crippen molar-refractivity contribution >= 4 is 0 Å². The normalized spacial score (nSPS) is 16.2. The van der Waals surface area contributed by atoms with E-state index in [1.165, 1.54) is 25.7 Å². The van der Waals surface area contributed by atoms with Gasteiger partial charge in [0.15, 0.2) is 0 Å². The zero-order valence-electron chi connectivity index (χ0n) is 9.77. The summed E-state index contributed by atoms with van der Waals surface area (Å²) in [5.41, 5.74) is -0.425. The van der Waals surface area contributed by atoms with Gasteiger partial charge in [0.25, 0.3) is 0 Å². The van der Waals surface area contributed by atoms with Gasteiger partial charge in [-0.1, -0.05) is 46.5 Å². The molecule has 0 aromatic rings. The molecule has 1 N–H and O–H groups in total. The van der Waals surface area contributed by atoms with Gasteiger partial charge in [0.1, 0.15) is 0 Å². The lowest BCUT2D eigenvalue weighted by Gasteiger charge is -2.22. The van der Waals surface area contributed by atoms with Crippen LogP contribution in [0, 0.1) is 5.92 Å². The fourth-order valence-corrected chi connectivity index (χ4v) is 1.65. The Labute approximate surface area is 83.5 Å². The van der Waals surface area contributed by atoms with Gasteiger partial charge < -0.3 is 5.11 Å². The third-order valence-corrected chi connectivity index (χ3v) is 3.24. The summed E-state index contributed by atoms with van der Waals surface area (Å²) in [5.74, 6) is 0.868. The summed E-state index contributed by atoms with van der Waals surface area (Å²) in [6.07, 6.45) is 6.85. The Balaban J connectivity index is 3.54. The molecule has 0 saturated heterocycles. The van der Waals surface area contributed by atoms with Crippen LogP contribution in [0.1, 0.15) is 66.2 Å². The van der Waals surface area contributed by atoms with E-state index >= 15 is 0 Å². The minimum atomic E-state index is -0.425. The maximum atomic E-state index is 9.78. The third kappa shape index (κ3) is 6.09. The summed E-state index contributed by atoms with van der Waals surface area (Å²) in [4.78, 5) is 0. The van der Waals surface area contributed by atoms with E-state index in [0.29, 0.717) is 0 Å². The van der Waals surface area contributed by atoms with E-state index in [9.17, 15) is 5.11 Å². The summed E-state index contributed by atoms with van der Waals surface area (Å²) >= 11 is 0. The van der Waals surface area contributed by atoms with Crippen LogP contribution in [0.25, 0.3) is 0 Å². The molecule has 0 saturated carbocycles. The Morgan fingerprint density at radius 1 is 1.15 bits per heavy atom. The van der Waals surface area contributed by atoms with Crippen molar-refractivity contribution in [2.75, 3.05) is 0 Å². The van der Waals surface area contributed by atoms with Crippen molar-refractivity contribution in [3.8, 4) is 0 Å². The second-order valence-corrected chi connectivity index (χ2v) is 4.43. The summed E-state index contributed by atoms with van der Waals surface area (Å²) in [5, 5.41) is 9.78. The summed E-state index contributed by atoms with van der Waals surface area (Å²) in [6, 6.07) is 0. The van der Waals surface area contributed by atoms with Gasteiger partial charge >= 0.3 is 0 Å². The molecule has 0 spiro atoms. The minimum Gasteiger partial charge on any atom is -0.390 e. The van der Waals surface area contributed by atoms with Crippen LogP contribution in [-0.2, 0) is 0 Å². The predicted molar refractivity (Wildman–Crippen MR) is 58.8 cm³/mol. The molecule has 0 aliphatic heterocycles. The van der Waals surface area contributed by atoms with E-state index in [0.717, 1.165) is 18.8 Å². The Bertz CT molecular complexity index is 114. The van der Waals surface area contributed by atoms with E-state index in [1.807, 2.05) is 6.92 Å². The van der Waals surface area contributed by atoms with E-state index in [-0.39, 0.29) is 0 Å². The molecular formula is C12H26O. The molecule has 0 rings (SSSR count). The average Bonchev–Trinajstić information content (AvgIpc) is 2.12. The Hall–Kier alpha value is -0.0400. The smallest absolute Gasteiger partial charge is 0.0617 e. The predicted octanol–water partition coefficient (Wildman–Crippen LogP) is 3.75. The van der Waals surface area contributed by atoms with E-state index in [1.54, 1.807) is 0 Å². The van der Waals surface area contributed by atoms with Crippen LogP contribution >= 0.6 is 0 Å². The van der Waals surface area contributed by atoms with Gasteiger partial charge in [0.05, 0.1) is 5.60 Å². The fraction of sp³-hybridized carbons (Fsp3) is 1.00. The molecule has 0 bridgehead atoms. The van der Waals surface area contributed by atoms with Crippen LogP contribution in [0.4, 0.5) is 0 Å². The van der Waals surface area contributed by atoms with Crippen LogP contribution in [0.2, 0.25) is 0 Å². The van der Waals surface area contributed by atoms with Gasteiger partial charge in [-0.3, -0.25) is 0 Å². The van der Waals surface area contributed by atoms with Gasteiger partial charge in [0, 0.05) is 0 Å². The first-order valence-corrected chi connectivity index (χ1v) is 5.78. The molecule has 0 aromatic heterocycles. The largest absolute Gasteiger partial charge is 0.390 e. The van der Waals surface area contributed by atoms with E-state index in [4.69, 9.17) is 0 Å². The zero-order valence-corrected chi connectivity index (χ0v) is 9.77. The molecule has 1 nitrogen and oxygen atoms in total. The molecule has 0 aliphatic carbocycles. The van der Waals surface area contributed by atoms with Gasteiger partial charge in [-0.2, -0.15) is 0 Å². The number of hydrogen-bond acceptors (Lipinski definition) is 1. The molecule has 0 aliphatic rings. The number of rotatable bonds is 7. The van der Waals surface area contributed by atoms with Crippen LogP contribution in [0.15, 0.2) is 0 Å². The van der Waals surface area contributed by atoms with Crippen molar-refractivity contribution in [2.45, 2.75) is 71.8 Å². The molecule has 1 heteroatoms. The molecule has 1 unspecified atom stereocenters. The quantitative estimate of drug-likeness (QED) is 0.642. The first-order chi connectivity index (χ1) is 6.05. The molecule has 13 heavy (non-hydrogen) atoms. The van der Waals surface area contributed by atoms with Gasteiger partial charge in [0.2, 0.25) is 0 Å². The molecule has 0 amide bonds. The van der Waals surface area contributed by atoms with Crippen molar-refractivity contribution in [3.05, 3.63) is 0 Å². The second kappa shape index (κ2) is 6.42. The molecular weight excluding hydrogens is 160 g/mol.